The van der Waals surface area contributed by atoms with E-state index < -0.39 is 5.82 Å². The molecule has 1 nitrogen and oxygen atoms in total. The molecule has 0 saturated heterocycles. The quantitative estimate of drug-likeness (QED) is 0.301. The minimum Gasteiger partial charge on any atom is -0.241 e. The van der Waals surface area contributed by atoms with Crippen molar-refractivity contribution in [3.05, 3.63) is 48.3 Å². The zero-order valence-corrected chi connectivity index (χ0v) is 13.3. The molecule has 0 spiro atoms. The largest absolute Gasteiger partial charge is 0.241 e. The summed E-state index contributed by atoms with van der Waals surface area (Å²) in [5, 5.41) is 0.0917. The first kappa shape index (κ1) is 15.4. The minimum atomic E-state index is -0.603. The number of hydrogen-bond donors (Lipinski definition) is 0. The van der Waals surface area contributed by atoms with Crippen molar-refractivity contribution in [1.29, 1.82) is 0 Å². The van der Waals surface area contributed by atoms with Gasteiger partial charge in [-0.3, -0.25) is 0 Å². The topological polar surface area (TPSA) is 12.9 Å². The highest BCUT2D eigenvalue weighted by Gasteiger charge is 2.22. The van der Waals surface area contributed by atoms with Crippen LogP contribution in [0.4, 0.5) is 4.39 Å². The summed E-state index contributed by atoms with van der Waals surface area (Å²) >= 11 is 35.8. The lowest BCUT2D eigenvalue weighted by atomic mass is 10.1. The number of nitrogens with zero attached hydrogens (tertiary/aromatic N) is 1. The Kier molecular flexibility index (Phi) is 4.71. The van der Waals surface area contributed by atoms with Crippen LogP contribution in [0.2, 0.25) is 30.3 Å². The van der Waals surface area contributed by atoms with Gasteiger partial charge in [-0.15, -0.1) is 0 Å². The van der Waals surface area contributed by atoms with Crippen molar-refractivity contribution in [2.45, 2.75) is 0 Å². The second-order valence-electron chi connectivity index (χ2n) is 3.44. The molecule has 0 unspecified atom stereocenters. The number of aromatic nitrogens is 1. The number of halogens is 7. The normalized spacial score (nSPS) is 10.9. The van der Waals surface area contributed by atoms with Gasteiger partial charge in [0.25, 0.3) is 0 Å². The minimum absolute atomic E-state index is 0.00746. The Bertz CT molecular complexity index is 644. The Labute approximate surface area is 138 Å². The first-order valence-electron chi connectivity index (χ1n) is 4.67. The molecule has 1 heterocycles. The third-order valence-corrected chi connectivity index (χ3v) is 4.86. The summed E-state index contributed by atoms with van der Waals surface area (Å²) < 4.78 is 13.3. The van der Waals surface area contributed by atoms with Crippen LogP contribution >= 0.6 is 69.6 Å². The number of rotatable bonds is 1. The van der Waals surface area contributed by atoms with Crippen molar-refractivity contribution in [3.63, 3.8) is 0 Å². The lowest BCUT2D eigenvalue weighted by molar-refractivity contribution is 0.622. The van der Waals surface area contributed by atoms with E-state index in [9.17, 15) is 4.39 Å². The average Bonchev–Trinajstić information content (AvgIpc) is 2.38. The maximum atomic E-state index is 13.3. The summed E-state index contributed by atoms with van der Waals surface area (Å²) in [6, 6.07) is 1.13. The van der Waals surface area contributed by atoms with Crippen LogP contribution in [0.25, 0.3) is 11.1 Å². The van der Waals surface area contributed by atoms with Crippen LogP contribution in [0.5, 0.6) is 0 Å². The summed E-state index contributed by atoms with van der Waals surface area (Å²) in [5.74, 6) is -0.603. The molecule has 0 aliphatic carbocycles. The van der Waals surface area contributed by atoms with Gasteiger partial charge < -0.3 is 0 Å². The van der Waals surface area contributed by atoms with Crippen LogP contribution in [0, 0.1) is 5.82 Å². The second-order valence-corrected chi connectivity index (χ2v) is 5.68. The van der Waals surface area contributed by atoms with Gasteiger partial charge >= 0.3 is 0 Å². The van der Waals surface area contributed by atoms with Crippen molar-refractivity contribution in [1.82, 2.24) is 4.98 Å². The van der Waals surface area contributed by atoms with Gasteiger partial charge in [-0.25, -0.2) is 9.37 Å². The molecule has 0 saturated carbocycles. The Morgan fingerprint density at radius 2 is 1.26 bits per heavy atom. The van der Waals surface area contributed by atoms with Gasteiger partial charge in [0.1, 0.15) is 11.0 Å². The van der Waals surface area contributed by atoms with Gasteiger partial charge in [0, 0.05) is 11.1 Å². The molecule has 100 valence electrons. The van der Waals surface area contributed by atoms with Gasteiger partial charge in [-0.05, 0) is 6.07 Å². The lowest BCUT2D eigenvalue weighted by Crippen LogP contribution is -1.91. The van der Waals surface area contributed by atoms with E-state index in [2.05, 4.69) is 4.98 Å². The summed E-state index contributed by atoms with van der Waals surface area (Å²) in [6.45, 7) is 0. The molecule has 0 amide bonds. The Morgan fingerprint density at radius 3 is 1.79 bits per heavy atom. The van der Waals surface area contributed by atoms with Crippen molar-refractivity contribution in [2.24, 2.45) is 0 Å². The molecule has 19 heavy (non-hydrogen) atoms. The predicted molar refractivity (Wildman–Crippen MR) is 79.7 cm³/mol. The third-order valence-electron chi connectivity index (χ3n) is 2.28. The second kappa shape index (κ2) is 5.80. The van der Waals surface area contributed by atoms with E-state index in [1.165, 1.54) is 0 Å². The summed E-state index contributed by atoms with van der Waals surface area (Å²) in [7, 11) is 0. The smallest absolute Gasteiger partial charge is 0.142 e. The molecular formula is C11H2Cl6FN. The number of pyridine rings is 1. The van der Waals surface area contributed by atoms with E-state index in [0.717, 1.165) is 12.3 Å². The molecule has 2 aromatic rings. The van der Waals surface area contributed by atoms with Crippen LogP contribution < -0.4 is 0 Å². The molecule has 1 aromatic heterocycles. The highest BCUT2D eigenvalue weighted by atomic mass is 35.5. The average molecular weight is 380 g/mol. The summed E-state index contributed by atoms with van der Waals surface area (Å²) in [6.07, 6.45) is 0.965. The van der Waals surface area contributed by atoms with E-state index in [1.54, 1.807) is 0 Å². The Balaban J connectivity index is 2.87. The molecule has 0 N–H and O–H groups in total. The van der Waals surface area contributed by atoms with Crippen molar-refractivity contribution >= 4 is 69.6 Å². The standard InChI is InChI=1S/C11H2Cl6FN/c12-6-5(4-1-3(18)2-19-11(4)17)7(13)9(15)10(16)8(6)14/h1-2H. The zero-order chi connectivity index (χ0) is 14.3. The molecule has 2 rings (SSSR count). The van der Waals surface area contributed by atoms with E-state index in [0.29, 0.717) is 0 Å². The molecule has 1 aromatic carbocycles. The molecule has 0 aliphatic heterocycles. The van der Waals surface area contributed by atoms with Crippen LogP contribution in [0.15, 0.2) is 12.3 Å². The van der Waals surface area contributed by atoms with Gasteiger partial charge in [0.15, 0.2) is 0 Å². The molecule has 0 bridgehead atoms. The predicted octanol–water partition coefficient (Wildman–Crippen LogP) is 6.81. The molecule has 0 fully saturated rings. The highest BCUT2D eigenvalue weighted by Crippen LogP contribution is 2.49. The first-order chi connectivity index (χ1) is 8.84. The SMILES string of the molecule is Fc1cnc(Cl)c(-c2c(Cl)c(Cl)c(Cl)c(Cl)c2Cl)c1. The molecule has 0 aliphatic rings. The zero-order valence-electron chi connectivity index (χ0n) is 8.75. The Hall–Kier alpha value is 0.0400. The van der Waals surface area contributed by atoms with E-state index in [-0.39, 0.29) is 41.4 Å². The highest BCUT2D eigenvalue weighted by molar-refractivity contribution is 6.56. The van der Waals surface area contributed by atoms with Gasteiger partial charge in [0.2, 0.25) is 0 Å². The van der Waals surface area contributed by atoms with Crippen LogP contribution in [-0.2, 0) is 0 Å². The van der Waals surface area contributed by atoms with Gasteiger partial charge in [-0.2, -0.15) is 0 Å². The fourth-order valence-corrected chi connectivity index (χ4v) is 2.98. The maximum absolute atomic E-state index is 13.3. The molecule has 0 atom stereocenters. The summed E-state index contributed by atoms with van der Waals surface area (Å²) in [5.41, 5.74) is 0.358. The molecule has 0 radical (unpaired) electrons. The van der Waals surface area contributed by atoms with Crippen LogP contribution in [-0.4, -0.2) is 4.98 Å². The number of hydrogen-bond acceptors (Lipinski definition) is 1. The van der Waals surface area contributed by atoms with Gasteiger partial charge in [-0.1, -0.05) is 69.6 Å². The molecule has 8 heteroatoms. The maximum Gasteiger partial charge on any atom is 0.142 e. The van der Waals surface area contributed by atoms with E-state index in [1.807, 2.05) is 0 Å². The van der Waals surface area contributed by atoms with Crippen molar-refractivity contribution in [2.75, 3.05) is 0 Å². The van der Waals surface area contributed by atoms with E-state index in [4.69, 9.17) is 69.6 Å². The van der Waals surface area contributed by atoms with Crippen LogP contribution in [0.3, 0.4) is 0 Å². The van der Waals surface area contributed by atoms with Gasteiger partial charge in [0.05, 0.1) is 31.3 Å². The Morgan fingerprint density at radius 1 is 0.789 bits per heavy atom. The fraction of sp³-hybridized carbons (Fsp3) is 0. The van der Waals surface area contributed by atoms with Crippen molar-refractivity contribution < 1.29 is 4.39 Å². The molecular weight excluding hydrogens is 378 g/mol. The fourth-order valence-electron chi connectivity index (χ4n) is 1.44. The lowest BCUT2D eigenvalue weighted by Gasteiger charge is -2.13. The van der Waals surface area contributed by atoms with Crippen LogP contribution in [0.1, 0.15) is 0 Å². The monoisotopic (exact) mass is 377 g/mol. The van der Waals surface area contributed by atoms with Crippen molar-refractivity contribution in [3.8, 4) is 11.1 Å². The van der Waals surface area contributed by atoms with E-state index >= 15 is 0 Å². The number of benzene rings is 1. The first-order valence-corrected chi connectivity index (χ1v) is 6.94. The third kappa shape index (κ3) is 2.76. The summed E-state index contributed by atoms with van der Waals surface area (Å²) in [4.78, 5) is 3.67.